The second kappa shape index (κ2) is 4.10. The molecular formula is C10H13FO. The maximum atomic E-state index is 13.1. The molecule has 0 aromatic heterocycles. The lowest BCUT2D eigenvalue weighted by Crippen LogP contribution is -1.86. The number of hydrogen-bond donors (Lipinski definition) is 0. The van der Waals surface area contributed by atoms with Crippen LogP contribution in [0.15, 0.2) is 35.4 Å². The molecule has 0 radical (unpaired) electrons. The Hall–Kier alpha value is -1.05. The summed E-state index contributed by atoms with van der Waals surface area (Å²) in [6, 6.07) is 0. The Labute approximate surface area is 72.2 Å². The molecule has 0 heterocycles. The molecule has 0 aliphatic heterocycles. The first-order valence-corrected chi connectivity index (χ1v) is 4.07. The fourth-order valence-corrected chi connectivity index (χ4v) is 1.11. The van der Waals surface area contributed by atoms with Crippen molar-refractivity contribution in [2.75, 3.05) is 7.11 Å². The minimum atomic E-state index is -0.266. The van der Waals surface area contributed by atoms with Crippen molar-refractivity contribution in [2.45, 2.75) is 19.8 Å². The second-order valence-corrected chi connectivity index (χ2v) is 2.65. The molecule has 0 bridgehead atoms. The lowest BCUT2D eigenvalue weighted by molar-refractivity contribution is 0.271. The van der Waals surface area contributed by atoms with Crippen LogP contribution in [0, 0.1) is 0 Å². The molecule has 1 nitrogen and oxygen atoms in total. The van der Waals surface area contributed by atoms with E-state index in [1.165, 1.54) is 13.2 Å². The van der Waals surface area contributed by atoms with Gasteiger partial charge in [0.05, 0.1) is 7.11 Å². The maximum absolute atomic E-state index is 13.1. The van der Waals surface area contributed by atoms with E-state index in [9.17, 15) is 4.39 Å². The topological polar surface area (TPSA) is 9.23 Å². The summed E-state index contributed by atoms with van der Waals surface area (Å²) in [5.41, 5.74) is 1.15. The Balaban J connectivity index is 2.82. The van der Waals surface area contributed by atoms with E-state index < -0.39 is 0 Å². The standard InChI is InChI=1S/C10H13FO/c1-3-8-4-6-9(11)10(12-2)7-5-8/h4-6H,3,7H2,1-2H3. The minimum Gasteiger partial charge on any atom is -0.498 e. The van der Waals surface area contributed by atoms with Crippen molar-refractivity contribution in [2.24, 2.45) is 0 Å². The van der Waals surface area contributed by atoms with Gasteiger partial charge in [-0.1, -0.05) is 24.6 Å². The highest BCUT2D eigenvalue weighted by Gasteiger charge is 2.05. The van der Waals surface area contributed by atoms with Crippen molar-refractivity contribution < 1.29 is 9.13 Å². The highest BCUT2D eigenvalue weighted by molar-refractivity contribution is 5.31. The molecule has 66 valence electrons. The summed E-state index contributed by atoms with van der Waals surface area (Å²) >= 11 is 0. The van der Waals surface area contributed by atoms with Crippen LogP contribution in [0.3, 0.4) is 0 Å². The Bertz CT molecular complexity index is 249. The Morgan fingerprint density at radius 2 is 2.25 bits per heavy atom. The van der Waals surface area contributed by atoms with Crippen molar-refractivity contribution in [1.82, 2.24) is 0 Å². The molecular weight excluding hydrogens is 155 g/mol. The molecule has 0 atom stereocenters. The first kappa shape index (κ1) is 9.04. The van der Waals surface area contributed by atoms with E-state index in [0.29, 0.717) is 12.2 Å². The molecule has 0 amide bonds. The zero-order chi connectivity index (χ0) is 8.97. The highest BCUT2D eigenvalue weighted by atomic mass is 19.1. The van der Waals surface area contributed by atoms with Crippen molar-refractivity contribution in [3.8, 4) is 0 Å². The molecule has 0 aromatic carbocycles. The third-order valence-corrected chi connectivity index (χ3v) is 1.91. The zero-order valence-electron chi connectivity index (χ0n) is 7.43. The molecule has 0 spiro atoms. The molecule has 0 N–H and O–H groups in total. The van der Waals surface area contributed by atoms with E-state index in [-0.39, 0.29) is 5.83 Å². The first-order chi connectivity index (χ1) is 5.77. The van der Waals surface area contributed by atoms with Gasteiger partial charge in [-0.3, -0.25) is 0 Å². The van der Waals surface area contributed by atoms with Crippen LogP contribution in [-0.2, 0) is 4.74 Å². The van der Waals surface area contributed by atoms with Gasteiger partial charge in [-0.2, -0.15) is 0 Å². The van der Waals surface area contributed by atoms with Crippen molar-refractivity contribution in [1.29, 1.82) is 0 Å². The first-order valence-electron chi connectivity index (χ1n) is 4.07. The predicted molar refractivity (Wildman–Crippen MR) is 47.3 cm³/mol. The third kappa shape index (κ3) is 1.97. The smallest absolute Gasteiger partial charge is 0.161 e. The summed E-state index contributed by atoms with van der Waals surface area (Å²) in [4.78, 5) is 0. The normalized spacial score (nSPS) is 17.4. The third-order valence-electron chi connectivity index (χ3n) is 1.91. The Morgan fingerprint density at radius 1 is 1.50 bits per heavy atom. The summed E-state index contributed by atoms with van der Waals surface area (Å²) in [6.45, 7) is 2.05. The maximum Gasteiger partial charge on any atom is 0.161 e. The van der Waals surface area contributed by atoms with Crippen LogP contribution in [-0.4, -0.2) is 7.11 Å². The molecule has 0 fully saturated rings. The van der Waals surface area contributed by atoms with Gasteiger partial charge in [0.1, 0.15) is 5.76 Å². The number of rotatable bonds is 2. The quantitative estimate of drug-likeness (QED) is 0.615. The van der Waals surface area contributed by atoms with Crippen LogP contribution in [0.1, 0.15) is 19.8 Å². The Kier molecular flexibility index (Phi) is 3.09. The number of methoxy groups -OCH3 is 1. The van der Waals surface area contributed by atoms with Gasteiger partial charge in [-0.25, -0.2) is 4.39 Å². The molecule has 0 saturated carbocycles. The molecule has 1 rings (SSSR count). The fourth-order valence-electron chi connectivity index (χ4n) is 1.11. The SMILES string of the molecule is CCC1=CCC(OC)=C(F)C=C1. The molecule has 1 aliphatic rings. The average Bonchev–Trinajstić information content (AvgIpc) is 2.27. The summed E-state index contributed by atoms with van der Waals surface area (Å²) in [6.07, 6.45) is 6.73. The van der Waals surface area contributed by atoms with E-state index in [4.69, 9.17) is 4.74 Å². The summed E-state index contributed by atoms with van der Waals surface area (Å²) in [5, 5.41) is 0. The van der Waals surface area contributed by atoms with Gasteiger partial charge >= 0.3 is 0 Å². The van der Waals surface area contributed by atoms with Crippen molar-refractivity contribution in [3.63, 3.8) is 0 Å². The lowest BCUT2D eigenvalue weighted by Gasteiger charge is -2.01. The van der Waals surface area contributed by atoms with Gasteiger partial charge in [0.15, 0.2) is 5.83 Å². The van der Waals surface area contributed by atoms with Gasteiger partial charge < -0.3 is 4.74 Å². The number of hydrogen-bond acceptors (Lipinski definition) is 1. The predicted octanol–water partition coefficient (Wildman–Crippen LogP) is 3.11. The zero-order valence-corrected chi connectivity index (χ0v) is 7.43. The largest absolute Gasteiger partial charge is 0.498 e. The Morgan fingerprint density at radius 3 is 2.83 bits per heavy atom. The fraction of sp³-hybridized carbons (Fsp3) is 0.400. The minimum absolute atomic E-state index is 0.266. The van der Waals surface area contributed by atoms with Gasteiger partial charge in [-0.15, -0.1) is 0 Å². The summed E-state index contributed by atoms with van der Waals surface area (Å²) in [7, 11) is 1.49. The molecule has 1 aliphatic carbocycles. The van der Waals surface area contributed by atoms with Crippen LogP contribution in [0.5, 0.6) is 0 Å². The van der Waals surface area contributed by atoms with Crippen LogP contribution >= 0.6 is 0 Å². The summed E-state index contributed by atoms with van der Waals surface area (Å²) < 4.78 is 17.9. The van der Waals surface area contributed by atoms with Gasteiger partial charge in [0.2, 0.25) is 0 Å². The van der Waals surface area contributed by atoms with E-state index >= 15 is 0 Å². The van der Waals surface area contributed by atoms with Crippen LogP contribution in [0.4, 0.5) is 4.39 Å². The monoisotopic (exact) mass is 168 g/mol. The van der Waals surface area contributed by atoms with Crippen molar-refractivity contribution in [3.05, 3.63) is 35.4 Å². The van der Waals surface area contributed by atoms with Gasteiger partial charge in [0.25, 0.3) is 0 Å². The molecule has 12 heavy (non-hydrogen) atoms. The van der Waals surface area contributed by atoms with Crippen LogP contribution in [0.25, 0.3) is 0 Å². The molecule has 0 saturated heterocycles. The van der Waals surface area contributed by atoms with Crippen LogP contribution < -0.4 is 0 Å². The van der Waals surface area contributed by atoms with Gasteiger partial charge in [-0.05, 0) is 12.5 Å². The molecule has 0 unspecified atom stereocenters. The summed E-state index contributed by atoms with van der Waals surface area (Å²) in [5.74, 6) is 0.145. The van der Waals surface area contributed by atoms with Crippen LogP contribution in [0.2, 0.25) is 0 Å². The molecule has 0 aromatic rings. The average molecular weight is 168 g/mol. The van der Waals surface area contributed by atoms with E-state index in [1.54, 1.807) is 6.08 Å². The second-order valence-electron chi connectivity index (χ2n) is 2.65. The molecule has 2 heteroatoms. The highest BCUT2D eigenvalue weighted by Crippen LogP contribution is 2.20. The number of allylic oxidation sites excluding steroid dienone is 5. The lowest BCUT2D eigenvalue weighted by atomic mass is 10.2. The number of ether oxygens (including phenoxy) is 1. The van der Waals surface area contributed by atoms with Gasteiger partial charge in [0, 0.05) is 6.42 Å². The number of halogens is 1. The van der Waals surface area contributed by atoms with E-state index in [2.05, 4.69) is 0 Å². The van der Waals surface area contributed by atoms with Crippen molar-refractivity contribution >= 4 is 0 Å². The van der Waals surface area contributed by atoms with E-state index in [1.807, 2.05) is 13.0 Å². The van der Waals surface area contributed by atoms with E-state index in [0.717, 1.165) is 12.0 Å².